The van der Waals surface area contributed by atoms with Crippen molar-refractivity contribution in [2.24, 2.45) is 0 Å². The summed E-state index contributed by atoms with van der Waals surface area (Å²) in [5, 5.41) is 0.677. The molecule has 2 aromatic heterocycles. The highest BCUT2D eigenvalue weighted by Crippen LogP contribution is 2.33. The van der Waals surface area contributed by atoms with Crippen molar-refractivity contribution in [1.82, 2.24) is 9.66 Å². The zero-order chi connectivity index (χ0) is 17.2. The molecule has 1 N–H and O–H groups in total. The zero-order valence-corrected chi connectivity index (χ0v) is 15.1. The van der Waals surface area contributed by atoms with E-state index in [0.717, 1.165) is 55.3 Å². The Balaban J connectivity index is 1.48. The number of rotatable bonds is 4. The van der Waals surface area contributed by atoms with Crippen molar-refractivity contribution >= 4 is 27.5 Å². The number of amides is 1. The van der Waals surface area contributed by atoms with Gasteiger partial charge in [0.1, 0.15) is 17.8 Å². The second-order valence-electron chi connectivity index (χ2n) is 6.92. The van der Waals surface area contributed by atoms with E-state index in [9.17, 15) is 9.59 Å². The van der Waals surface area contributed by atoms with Crippen molar-refractivity contribution < 1.29 is 9.53 Å². The van der Waals surface area contributed by atoms with Crippen LogP contribution in [0.15, 0.2) is 11.1 Å². The maximum atomic E-state index is 12.8. The topological polar surface area (TPSA) is 73.2 Å². The number of hydrogen-bond acceptors (Lipinski definition) is 5. The Hall–Kier alpha value is -1.73. The lowest BCUT2D eigenvalue weighted by Gasteiger charge is -2.21. The fourth-order valence-corrected chi connectivity index (χ4v) is 5.04. The highest BCUT2D eigenvalue weighted by atomic mass is 32.1. The predicted octanol–water partition coefficient (Wildman–Crippen LogP) is 2.76. The average Bonchev–Trinajstić information content (AvgIpc) is 3.02. The number of fused-ring (bicyclic) bond motifs is 3. The van der Waals surface area contributed by atoms with Gasteiger partial charge in [0.25, 0.3) is 11.5 Å². The SMILES string of the molecule is O=C(COC1CCCCC1)Nn1cnc2sc3c(c2c1=O)CCCC3. The summed E-state index contributed by atoms with van der Waals surface area (Å²) in [5.74, 6) is -0.307. The first-order chi connectivity index (χ1) is 12.2. The second-order valence-corrected chi connectivity index (χ2v) is 8.00. The summed E-state index contributed by atoms with van der Waals surface area (Å²) in [6, 6.07) is 0. The first-order valence-corrected chi connectivity index (χ1v) is 9.97. The molecular formula is C18H23N3O3S. The highest BCUT2D eigenvalue weighted by molar-refractivity contribution is 7.18. The van der Waals surface area contributed by atoms with E-state index < -0.39 is 0 Å². The number of hydrogen-bond donors (Lipinski definition) is 1. The summed E-state index contributed by atoms with van der Waals surface area (Å²) >= 11 is 1.61. The first kappa shape index (κ1) is 16.7. The molecule has 0 atom stereocenters. The van der Waals surface area contributed by atoms with Gasteiger partial charge in [0.2, 0.25) is 0 Å². The highest BCUT2D eigenvalue weighted by Gasteiger charge is 2.21. The molecule has 2 heterocycles. The summed E-state index contributed by atoms with van der Waals surface area (Å²) in [4.78, 5) is 31.4. The molecule has 1 fully saturated rings. The minimum absolute atomic E-state index is 0.0170. The molecule has 0 aromatic carbocycles. The lowest BCUT2D eigenvalue weighted by atomic mass is 9.97. The van der Waals surface area contributed by atoms with Crippen LogP contribution in [0.4, 0.5) is 0 Å². The van der Waals surface area contributed by atoms with Crippen LogP contribution in [0.3, 0.4) is 0 Å². The van der Waals surface area contributed by atoms with E-state index in [0.29, 0.717) is 5.39 Å². The van der Waals surface area contributed by atoms with Crippen LogP contribution in [-0.2, 0) is 22.4 Å². The Kier molecular flexibility index (Phi) is 4.85. The summed E-state index contributed by atoms with van der Waals surface area (Å²) in [5.41, 5.74) is 3.57. The van der Waals surface area contributed by atoms with Gasteiger partial charge in [0, 0.05) is 4.88 Å². The Bertz CT molecular complexity index is 836. The standard InChI is InChI=1S/C18H23N3O3S/c22-15(10-24-12-6-2-1-3-7-12)20-21-11-19-17-16(18(21)23)13-8-4-5-9-14(13)25-17/h11-12H,1-10H2,(H,20,22). The molecule has 134 valence electrons. The third-order valence-corrected chi connectivity index (χ3v) is 6.32. The van der Waals surface area contributed by atoms with Crippen LogP contribution in [0, 0.1) is 0 Å². The van der Waals surface area contributed by atoms with E-state index in [-0.39, 0.29) is 24.2 Å². The van der Waals surface area contributed by atoms with Gasteiger partial charge in [-0.1, -0.05) is 19.3 Å². The summed E-state index contributed by atoms with van der Waals surface area (Å²) in [7, 11) is 0. The van der Waals surface area contributed by atoms with E-state index in [2.05, 4.69) is 10.4 Å². The monoisotopic (exact) mass is 361 g/mol. The van der Waals surface area contributed by atoms with Crippen LogP contribution in [-0.4, -0.2) is 28.3 Å². The fourth-order valence-electron chi connectivity index (χ4n) is 3.82. The molecule has 0 unspecified atom stereocenters. The molecule has 0 bridgehead atoms. The maximum absolute atomic E-state index is 12.8. The summed E-state index contributed by atoms with van der Waals surface area (Å²) < 4.78 is 6.88. The first-order valence-electron chi connectivity index (χ1n) is 9.16. The van der Waals surface area contributed by atoms with Crippen molar-refractivity contribution in [3.63, 3.8) is 0 Å². The smallest absolute Gasteiger partial charge is 0.281 e. The van der Waals surface area contributed by atoms with E-state index in [1.807, 2.05) is 0 Å². The average molecular weight is 361 g/mol. The van der Waals surface area contributed by atoms with Crippen LogP contribution in [0.2, 0.25) is 0 Å². The van der Waals surface area contributed by atoms with Crippen molar-refractivity contribution in [2.75, 3.05) is 12.0 Å². The Labute approximate surface area is 150 Å². The number of thiophene rings is 1. The van der Waals surface area contributed by atoms with Crippen molar-refractivity contribution in [1.29, 1.82) is 0 Å². The van der Waals surface area contributed by atoms with Crippen molar-refractivity contribution in [2.45, 2.75) is 63.9 Å². The van der Waals surface area contributed by atoms with Gasteiger partial charge >= 0.3 is 0 Å². The molecule has 7 heteroatoms. The molecule has 1 saturated carbocycles. The summed E-state index contributed by atoms with van der Waals surface area (Å²) in [6.07, 6.45) is 11.4. The lowest BCUT2D eigenvalue weighted by molar-refractivity contribution is -0.124. The molecule has 1 amide bonds. The molecule has 0 saturated heterocycles. The van der Waals surface area contributed by atoms with Crippen LogP contribution in [0.25, 0.3) is 10.2 Å². The Morgan fingerprint density at radius 3 is 2.88 bits per heavy atom. The Morgan fingerprint density at radius 1 is 1.24 bits per heavy atom. The number of aryl methyl sites for hydroxylation is 2. The molecule has 0 radical (unpaired) electrons. The minimum atomic E-state index is -0.307. The van der Waals surface area contributed by atoms with Gasteiger partial charge in [-0.2, -0.15) is 0 Å². The van der Waals surface area contributed by atoms with E-state index in [4.69, 9.17) is 4.74 Å². The minimum Gasteiger partial charge on any atom is -0.368 e. The van der Waals surface area contributed by atoms with E-state index in [1.165, 1.54) is 28.7 Å². The molecule has 6 nitrogen and oxygen atoms in total. The van der Waals surface area contributed by atoms with Gasteiger partial charge in [0.15, 0.2) is 0 Å². The largest absolute Gasteiger partial charge is 0.368 e. The molecule has 0 aliphatic heterocycles. The van der Waals surface area contributed by atoms with E-state index in [1.54, 1.807) is 11.3 Å². The Morgan fingerprint density at radius 2 is 2.04 bits per heavy atom. The molecule has 2 aromatic rings. The molecule has 25 heavy (non-hydrogen) atoms. The quantitative estimate of drug-likeness (QED) is 0.909. The van der Waals surface area contributed by atoms with Crippen LogP contribution in [0.1, 0.15) is 55.4 Å². The van der Waals surface area contributed by atoms with Crippen LogP contribution in [0.5, 0.6) is 0 Å². The van der Waals surface area contributed by atoms with E-state index >= 15 is 0 Å². The van der Waals surface area contributed by atoms with Crippen molar-refractivity contribution in [3.8, 4) is 0 Å². The van der Waals surface area contributed by atoms with Gasteiger partial charge in [0.05, 0.1) is 11.5 Å². The molecule has 0 spiro atoms. The molecule has 2 aliphatic carbocycles. The number of aromatic nitrogens is 2. The predicted molar refractivity (Wildman–Crippen MR) is 97.7 cm³/mol. The van der Waals surface area contributed by atoms with Crippen molar-refractivity contribution in [3.05, 3.63) is 27.1 Å². The number of ether oxygens (including phenoxy) is 1. The van der Waals surface area contributed by atoms with Gasteiger partial charge < -0.3 is 4.74 Å². The summed E-state index contributed by atoms with van der Waals surface area (Å²) in [6.45, 7) is -0.0170. The third kappa shape index (κ3) is 3.48. The lowest BCUT2D eigenvalue weighted by Crippen LogP contribution is -2.36. The van der Waals surface area contributed by atoms with Gasteiger partial charge in [-0.3, -0.25) is 15.0 Å². The number of carbonyl (C=O) groups is 1. The maximum Gasteiger partial charge on any atom is 0.281 e. The van der Waals surface area contributed by atoms with Crippen LogP contribution < -0.4 is 11.0 Å². The van der Waals surface area contributed by atoms with Crippen LogP contribution >= 0.6 is 11.3 Å². The zero-order valence-electron chi connectivity index (χ0n) is 14.3. The van der Waals surface area contributed by atoms with Gasteiger partial charge in [-0.15, -0.1) is 11.3 Å². The fraction of sp³-hybridized carbons (Fsp3) is 0.611. The number of carbonyl (C=O) groups excluding carboxylic acids is 1. The third-order valence-electron chi connectivity index (χ3n) is 5.12. The molecule has 2 aliphatic rings. The second kappa shape index (κ2) is 7.25. The number of nitrogens with zero attached hydrogens (tertiary/aromatic N) is 2. The van der Waals surface area contributed by atoms with Gasteiger partial charge in [-0.05, 0) is 44.1 Å². The molecule has 4 rings (SSSR count). The number of nitrogens with one attached hydrogen (secondary N) is 1. The molecular weight excluding hydrogens is 338 g/mol. The normalized spacial score (nSPS) is 18.2. The van der Waals surface area contributed by atoms with Gasteiger partial charge in [-0.25, -0.2) is 9.66 Å².